The molecule has 0 aromatic carbocycles. The minimum absolute atomic E-state index is 0.844. The summed E-state index contributed by atoms with van der Waals surface area (Å²) in [5.41, 5.74) is 0. The average molecular weight is 227 g/mol. The third-order valence-electron chi connectivity index (χ3n) is 4.11. The van der Waals surface area contributed by atoms with Crippen LogP contribution in [0.5, 0.6) is 0 Å². The van der Waals surface area contributed by atoms with E-state index >= 15 is 0 Å². The number of rotatable bonds is 5. The molecule has 1 aliphatic heterocycles. The van der Waals surface area contributed by atoms with E-state index in [0.717, 1.165) is 24.4 Å². The van der Waals surface area contributed by atoms with Crippen molar-refractivity contribution in [2.24, 2.45) is 11.8 Å². The zero-order valence-electron chi connectivity index (χ0n) is 10.0. The molecule has 15 heavy (non-hydrogen) atoms. The van der Waals surface area contributed by atoms with Gasteiger partial charge in [-0.1, -0.05) is 13.3 Å². The summed E-state index contributed by atoms with van der Waals surface area (Å²) in [5, 5.41) is 3.73. The zero-order valence-corrected chi connectivity index (χ0v) is 10.8. The molecule has 2 aliphatic rings. The van der Waals surface area contributed by atoms with Crippen LogP contribution in [0.3, 0.4) is 0 Å². The number of hydrogen-bond donors (Lipinski definition) is 1. The molecule has 0 radical (unpaired) electrons. The van der Waals surface area contributed by atoms with Crippen LogP contribution in [0.4, 0.5) is 0 Å². The van der Waals surface area contributed by atoms with E-state index in [1.54, 1.807) is 0 Å². The quantitative estimate of drug-likeness (QED) is 0.773. The van der Waals surface area contributed by atoms with Crippen LogP contribution in [0.2, 0.25) is 0 Å². The Labute approximate surface area is 98.8 Å². The summed E-state index contributed by atoms with van der Waals surface area (Å²) >= 11 is 2.15. The Morgan fingerprint density at radius 3 is 2.47 bits per heavy atom. The van der Waals surface area contributed by atoms with E-state index in [2.05, 4.69) is 24.0 Å². The lowest BCUT2D eigenvalue weighted by atomic mass is 9.76. The maximum atomic E-state index is 3.73. The van der Waals surface area contributed by atoms with Crippen LogP contribution in [0.1, 0.15) is 45.4 Å². The van der Waals surface area contributed by atoms with Crippen LogP contribution in [0, 0.1) is 11.8 Å². The summed E-state index contributed by atoms with van der Waals surface area (Å²) in [5.74, 6) is 4.86. The van der Waals surface area contributed by atoms with Gasteiger partial charge in [-0.2, -0.15) is 11.8 Å². The van der Waals surface area contributed by atoms with E-state index in [1.165, 1.54) is 50.0 Å². The highest BCUT2D eigenvalue weighted by atomic mass is 32.2. The van der Waals surface area contributed by atoms with Crippen molar-refractivity contribution in [1.29, 1.82) is 0 Å². The van der Waals surface area contributed by atoms with Crippen LogP contribution in [0.15, 0.2) is 0 Å². The van der Waals surface area contributed by atoms with Crippen LogP contribution in [-0.2, 0) is 0 Å². The summed E-state index contributed by atoms with van der Waals surface area (Å²) < 4.78 is 0. The van der Waals surface area contributed by atoms with Gasteiger partial charge in [0.2, 0.25) is 0 Å². The van der Waals surface area contributed by atoms with E-state index in [-0.39, 0.29) is 0 Å². The highest BCUT2D eigenvalue weighted by molar-refractivity contribution is 7.99. The second-order valence-electron chi connectivity index (χ2n) is 5.15. The second-order valence-corrected chi connectivity index (χ2v) is 6.37. The van der Waals surface area contributed by atoms with E-state index in [4.69, 9.17) is 0 Å². The lowest BCUT2D eigenvalue weighted by molar-refractivity contribution is 0.198. The van der Waals surface area contributed by atoms with Gasteiger partial charge in [-0.15, -0.1) is 0 Å². The van der Waals surface area contributed by atoms with Gasteiger partial charge in [-0.25, -0.2) is 0 Å². The first kappa shape index (κ1) is 11.8. The Morgan fingerprint density at radius 1 is 1.20 bits per heavy atom. The third kappa shape index (κ3) is 3.39. The van der Waals surface area contributed by atoms with Gasteiger partial charge in [0.05, 0.1) is 0 Å². The van der Waals surface area contributed by atoms with Crippen LogP contribution in [0.25, 0.3) is 0 Å². The van der Waals surface area contributed by atoms with Gasteiger partial charge in [0.25, 0.3) is 0 Å². The minimum Gasteiger partial charge on any atom is -0.314 e. The van der Waals surface area contributed by atoms with Gasteiger partial charge < -0.3 is 5.32 Å². The first-order valence-corrected chi connectivity index (χ1v) is 7.86. The van der Waals surface area contributed by atoms with E-state index in [0.29, 0.717) is 0 Å². The van der Waals surface area contributed by atoms with Crippen molar-refractivity contribution in [3.05, 3.63) is 0 Å². The molecule has 1 nitrogen and oxygen atoms in total. The molecule has 1 saturated heterocycles. The summed E-state index contributed by atoms with van der Waals surface area (Å²) in [4.78, 5) is 0. The molecule has 1 unspecified atom stereocenters. The Bertz CT molecular complexity index is 173. The topological polar surface area (TPSA) is 12.0 Å². The summed E-state index contributed by atoms with van der Waals surface area (Å²) in [6.45, 7) is 3.41. The Hall–Kier alpha value is 0.310. The molecule has 1 atom stereocenters. The first-order valence-electron chi connectivity index (χ1n) is 6.71. The fourth-order valence-electron chi connectivity index (χ4n) is 2.89. The normalized spacial score (nSPS) is 26.2. The summed E-state index contributed by atoms with van der Waals surface area (Å²) in [6.07, 6.45) is 8.85. The van der Waals surface area contributed by atoms with Gasteiger partial charge in [0.15, 0.2) is 0 Å². The van der Waals surface area contributed by atoms with Crippen molar-refractivity contribution in [1.82, 2.24) is 5.32 Å². The van der Waals surface area contributed by atoms with Crippen molar-refractivity contribution >= 4 is 11.8 Å². The standard InChI is InChI=1S/C13H25NS/c1-2-14-13(12-4-3-5-12)10-11-6-8-15-9-7-11/h11-14H,2-10H2,1H3. The van der Waals surface area contributed by atoms with Gasteiger partial charge in [0, 0.05) is 6.04 Å². The van der Waals surface area contributed by atoms with Gasteiger partial charge in [0.1, 0.15) is 0 Å². The highest BCUT2D eigenvalue weighted by Crippen LogP contribution is 2.35. The summed E-state index contributed by atoms with van der Waals surface area (Å²) in [6, 6.07) is 0.844. The van der Waals surface area contributed by atoms with Crippen molar-refractivity contribution in [3.8, 4) is 0 Å². The van der Waals surface area contributed by atoms with Crippen molar-refractivity contribution in [2.45, 2.75) is 51.5 Å². The molecule has 0 bridgehead atoms. The maximum absolute atomic E-state index is 3.73. The monoisotopic (exact) mass is 227 g/mol. The average Bonchev–Trinajstić information content (AvgIpc) is 2.17. The predicted octanol–water partition coefficient (Wildman–Crippen LogP) is 3.30. The van der Waals surface area contributed by atoms with Crippen LogP contribution >= 0.6 is 11.8 Å². The molecular weight excluding hydrogens is 202 g/mol. The molecule has 2 rings (SSSR count). The molecule has 0 aromatic heterocycles. The minimum atomic E-state index is 0.844. The van der Waals surface area contributed by atoms with E-state index in [1.807, 2.05) is 0 Å². The SMILES string of the molecule is CCNC(CC1CCSCC1)C1CCC1. The van der Waals surface area contributed by atoms with Gasteiger partial charge in [-0.05, 0) is 62.0 Å². The smallest absolute Gasteiger partial charge is 0.00978 e. The lowest BCUT2D eigenvalue weighted by Crippen LogP contribution is -2.41. The fraction of sp³-hybridized carbons (Fsp3) is 1.00. The Kier molecular flexibility index (Phi) is 4.83. The number of hydrogen-bond acceptors (Lipinski definition) is 2. The van der Waals surface area contributed by atoms with Crippen LogP contribution in [-0.4, -0.2) is 24.1 Å². The van der Waals surface area contributed by atoms with Gasteiger partial charge >= 0.3 is 0 Å². The third-order valence-corrected chi connectivity index (χ3v) is 5.16. The molecule has 1 N–H and O–H groups in total. The molecule has 2 fully saturated rings. The molecule has 0 aromatic rings. The van der Waals surface area contributed by atoms with Crippen molar-refractivity contribution in [2.75, 3.05) is 18.1 Å². The number of nitrogens with one attached hydrogen (secondary N) is 1. The predicted molar refractivity (Wildman–Crippen MR) is 69.5 cm³/mol. The Morgan fingerprint density at radius 2 is 1.93 bits per heavy atom. The molecule has 2 heteroatoms. The largest absolute Gasteiger partial charge is 0.314 e. The molecular formula is C13H25NS. The second kappa shape index (κ2) is 6.15. The van der Waals surface area contributed by atoms with E-state index < -0.39 is 0 Å². The molecule has 0 spiro atoms. The fourth-order valence-corrected chi connectivity index (χ4v) is 4.09. The zero-order chi connectivity index (χ0) is 10.5. The molecule has 1 heterocycles. The highest BCUT2D eigenvalue weighted by Gasteiger charge is 2.29. The molecule has 0 amide bonds. The maximum Gasteiger partial charge on any atom is 0.00978 e. The van der Waals surface area contributed by atoms with E-state index in [9.17, 15) is 0 Å². The first-order chi connectivity index (χ1) is 7.40. The van der Waals surface area contributed by atoms with Gasteiger partial charge in [-0.3, -0.25) is 0 Å². The molecule has 88 valence electrons. The van der Waals surface area contributed by atoms with Crippen LogP contribution < -0.4 is 5.32 Å². The van der Waals surface area contributed by atoms with Crippen molar-refractivity contribution < 1.29 is 0 Å². The molecule has 1 aliphatic carbocycles. The number of thioether (sulfide) groups is 1. The molecule has 1 saturated carbocycles. The Balaban J connectivity index is 1.76. The van der Waals surface area contributed by atoms with Crippen molar-refractivity contribution in [3.63, 3.8) is 0 Å². The summed E-state index contributed by atoms with van der Waals surface area (Å²) in [7, 11) is 0. The lowest BCUT2D eigenvalue weighted by Gasteiger charge is -2.37.